The van der Waals surface area contributed by atoms with Gasteiger partial charge in [0, 0.05) is 0 Å². The van der Waals surface area contributed by atoms with Crippen LogP contribution in [0.4, 0.5) is 0 Å². The lowest BCUT2D eigenvalue weighted by Crippen LogP contribution is -2.14. The molecule has 4 nitrogen and oxygen atoms in total. The molecule has 0 amide bonds. The highest BCUT2D eigenvalue weighted by Gasteiger charge is 2.01. The fourth-order valence-electron chi connectivity index (χ4n) is 1.00. The number of hydrogen-bond donors (Lipinski definition) is 2. The predicted octanol–water partition coefficient (Wildman–Crippen LogP) is 2.30. The van der Waals surface area contributed by atoms with E-state index in [2.05, 4.69) is 17.8 Å². The topological polar surface area (TPSA) is 47.9 Å². The van der Waals surface area contributed by atoms with E-state index in [9.17, 15) is 0 Å². The highest BCUT2D eigenvalue weighted by atomic mass is 32.1. The summed E-state index contributed by atoms with van der Waals surface area (Å²) in [7, 11) is 0. The summed E-state index contributed by atoms with van der Waals surface area (Å²) in [4.78, 5) is 4.01. The second kappa shape index (κ2) is 6.68. The lowest BCUT2D eigenvalue weighted by molar-refractivity contribution is -0.253. The van der Waals surface area contributed by atoms with Gasteiger partial charge in [-0.15, -0.1) is 0 Å². The van der Waals surface area contributed by atoms with Crippen molar-refractivity contribution in [1.29, 1.82) is 0 Å². The zero-order valence-electron chi connectivity index (χ0n) is 8.42. The molecule has 1 rings (SSSR count). The van der Waals surface area contributed by atoms with E-state index >= 15 is 0 Å². The molecule has 0 aliphatic heterocycles. The molecule has 1 unspecified atom stereocenters. The number of thiol groups is 1. The minimum atomic E-state index is -0.0613. The Balaban J connectivity index is 2.42. The van der Waals surface area contributed by atoms with Crippen LogP contribution < -0.4 is 4.74 Å². The van der Waals surface area contributed by atoms with Gasteiger partial charge >= 0.3 is 0 Å². The maximum atomic E-state index is 8.24. The maximum absolute atomic E-state index is 8.24. The first kappa shape index (κ1) is 12.3. The summed E-state index contributed by atoms with van der Waals surface area (Å²) in [5.41, 5.74) is 0.878. The molecule has 0 saturated carbocycles. The van der Waals surface area contributed by atoms with Crippen molar-refractivity contribution in [1.82, 2.24) is 0 Å². The van der Waals surface area contributed by atoms with Gasteiger partial charge in [-0.05, 0) is 37.5 Å². The minimum Gasteiger partial charge on any atom is -0.491 e. The number of ether oxygens (including phenoxy) is 1. The van der Waals surface area contributed by atoms with Crippen LogP contribution in [0.5, 0.6) is 5.75 Å². The summed E-state index contributed by atoms with van der Waals surface area (Å²) < 4.78 is 10.2. The lowest BCUT2D eigenvalue weighted by Gasteiger charge is -2.10. The summed E-state index contributed by atoms with van der Waals surface area (Å²) in [6.07, 6.45) is -0.0613. The van der Waals surface area contributed by atoms with Gasteiger partial charge in [0.1, 0.15) is 25.1 Å². The van der Waals surface area contributed by atoms with E-state index in [4.69, 9.17) is 14.2 Å². The van der Waals surface area contributed by atoms with Crippen molar-refractivity contribution in [3.8, 4) is 5.75 Å². The monoisotopic (exact) mass is 230 g/mol. The first-order chi connectivity index (χ1) is 7.26. The van der Waals surface area contributed by atoms with E-state index in [0.29, 0.717) is 6.61 Å². The summed E-state index contributed by atoms with van der Waals surface area (Å²) in [6.45, 7) is 2.48. The highest BCUT2D eigenvalue weighted by Crippen LogP contribution is 2.13. The van der Waals surface area contributed by atoms with Crippen LogP contribution in [0.2, 0.25) is 0 Å². The van der Waals surface area contributed by atoms with E-state index in [-0.39, 0.29) is 12.7 Å². The van der Waals surface area contributed by atoms with Gasteiger partial charge in [-0.2, -0.15) is 0 Å². The summed E-state index contributed by atoms with van der Waals surface area (Å²) in [5, 5.41) is 8.24. The van der Waals surface area contributed by atoms with Crippen LogP contribution in [0.1, 0.15) is 12.5 Å². The van der Waals surface area contributed by atoms with Crippen LogP contribution in [-0.2, 0) is 15.7 Å². The van der Waals surface area contributed by atoms with Crippen molar-refractivity contribution in [2.75, 3.05) is 6.61 Å². The molecule has 0 fully saturated rings. The molecule has 84 valence electrons. The van der Waals surface area contributed by atoms with Crippen LogP contribution in [0, 0.1) is 0 Å². The van der Waals surface area contributed by atoms with Gasteiger partial charge in [0.2, 0.25) is 0 Å². The molecule has 1 N–H and O–H groups in total. The van der Waals surface area contributed by atoms with E-state index in [1.807, 2.05) is 19.1 Å². The smallest absolute Gasteiger partial charge is 0.119 e. The van der Waals surface area contributed by atoms with Gasteiger partial charge in [0.05, 0.1) is 0 Å². The van der Waals surface area contributed by atoms with Crippen molar-refractivity contribution in [2.45, 2.75) is 19.6 Å². The quantitative estimate of drug-likeness (QED) is 0.341. The van der Waals surface area contributed by atoms with E-state index in [0.717, 1.165) is 11.3 Å². The summed E-state index contributed by atoms with van der Waals surface area (Å²) in [6, 6.07) is 7.24. The zero-order chi connectivity index (χ0) is 11.1. The summed E-state index contributed by atoms with van der Waals surface area (Å²) in [5.74, 6) is 0.744. The molecular formula is C10H14O4S. The molecule has 1 aromatic carbocycles. The maximum Gasteiger partial charge on any atom is 0.119 e. The van der Waals surface area contributed by atoms with Crippen molar-refractivity contribution < 1.29 is 19.1 Å². The second-order valence-electron chi connectivity index (χ2n) is 3.14. The fraction of sp³-hybridized carbons (Fsp3) is 0.400. The molecule has 0 aliphatic rings. The lowest BCUT2D eigenvalue weighted by atomic mass is 10.2. The average Bonchev–Trinajstić information content (AvgIpc) is 2.28. The number of hydrogen-bond acceptors (Lipinski definition) is 5. The molecular weight excluding hydrogens is 216 g/mol. The van der Waals surface area contributed by atoms with Crippen LogP contribution in [0.25, 0.3) is 0 Å². The third-order valence-corrected chi connectivity index (χ3v) is 2.18. The molecule has 0 bridgehead atoms. The van der Waals surface area contributed by atoms with Gasteiger partial charge in [-0.1, -0.05) is 12.1 Å². The molecule has 0 aromatic heterocycles. The predicted molar refractivity (Wildman–Crippen MR) is 58.9 cm³/mol. The first-order valence-corrected chi connectivity index (χ1v) is 4.91. The molecule has 5 heteroatoms. The summed E-state index contributed by atoms with van der Waals surface area (Å²) >= 11 is 3.68. The van der Waals surface area contributed by atoms with Crippen molar-refractivity contribution in [2.24, 2.45) is 0 Å². The fourth-order valence-corrected chi connectivity index (χ4v) is 1.06. The Bertz CT molecular complexity index is 275. The molecule has 0 radical (unpaired) electrons. The molecule has 0 aliphatic carbocycles. The van der Waals surface area contributed by atoms with Crippen LogP contribution >= 0.6 is 12.9 Å². The van der Waals surface area contributed by atoms with Gasteiger partial charge in [0.15, 0.2) is 0 Å². The Morgan fingerprint density at radius 1 is 1.33 bits per heavy atom. The normalized spacial score (nSPS) is 12.5. The molecule has 0 spiro atoms. The molecule has 0 heterocycles. The molecule has 0 saturated heterocycles. The van der Waals surface area contributed by atoms with Gasteiger partial charge in [-0.3, -0.25) is 5.26 Å². The number of benzene rings is 1. The largest absolute Gasteiger partial charge is 0.491 e. The van der Waals surface area contributed by atoms with Crippen LogP contribution in [0.3, 0.4) is 0 Å². The Kier molecular flexibility index (Phi) is 5.49. The Morgan fingerprint density at radius 2 is 2.00 bits per heavy atom. The van der Waals surface area contributed by atoms with E-state index in [1.165, 1.54) is 0 Å². The second-order valence-corrected chi connectivity index (χ2v) is 3.36. The molecule has 1 aromatic rings. The standard InChI is InChI=1S/C10H14O4S/c1-8(14-15)6-12-10-4-2-9(3-5-10)7-13-11/h2-5,8,11,15H,6-7H2,1H3. The van der Waals surface area contributed by atoms with Crippen molar-refractivity contribution in [3.05, 3.63) is 29.8 Å². The third kappa shape index (κ3) is 4.53. The van der Waals surface area contributed by atoms with Crippen LogP contribution in [0.15, 0.2) is 24.3 Å². The van der Waals surface area contributed by atoms with Crippen molar-refractivity contribution >= 4 is 12.9 Å². The Labute approximate surface area is 94.3 Å². The first-order valence-electron chi connectivity index (χ1n) is 4.54. The highest BCUT2D eigenvalue weighted by molar-refractivity contribution is 7.75. The Morgan fingerprint density at radius 3 is 2.53 bits per heavy atom. The van der Waals surface area contributed by atoms with E-state index in [1.54, 1.807) is 12.1 Å². The average molecular weight is 230 g/mol. The van der Waals surface area contributed by atoms with E-state index < -0.39 is 0 Å². The van der Waals surface area contributed by atoms with Gasteiger partial charge in [0.25, 0.3) is 0 Å². The molecule has 15 heavy (non-hydrogen) atoms. The minimum absolute atomic E-state index is 0.0613. The number of rotatable bonds is 6. The van der Waals surface area contributed by atoms with Crippen LogP contribution in [-0.4, -0.2) is 18.0 Å². The third-order valence-electron chi connectivity index (χ3n) is 1.82. The SMILES string of the molecule is CC(COc1ccc(COO)cc1)OS. The van der Waals surface area contributed by atoms with Gasteiger partial charge in [-0.25, -0.2) is 4.89 Å². The zero-order valence-corrected chi connectivity index (χ0v) is 9.31. The molecule has 1 atom stereocenters. The Hall–Kier alpha value is -0.750. The van der Waals surface area contributed by atoms with Crippen molar-refractivity contribution in [3.63, 3.8) is 0 Å². The van der Waals surface area contributed by atoms with Gasteiger partial charge < -0.3 is 8.92 Å².